The average molecular weight is 286 g/mol. The minimum atomic E-state index is -1.06. The van der Waals surface area contributed by atoms with Crippen LogP contribution >= 0.6 is 0 Å². The molecule has 118 valence electrons. The van der Waals surface area contributed by atoms with Crippen LogP contribution in [0.1, 0.15) is 52.4 Å². The Morgan fingerprint density at radius 2 is 2.15 bits per heavy atom. The molecule has 1 rings (SSSR count). The predicted octanol–water partition coefficient (Wildman–Crippen LogP) is 1.85. The summed E-state index contributed by atoms with van der Waals surface area (Å²) in [6, 6.07) is 0.733. The third-order valence-corrected chi connectivity index (χ3v) is 4.62. The fraction of sp³-hybridized carbons (Fsp3) is 0.933. The zero-order valence-electron chi connectivity index (χ0n) is 13.1. The van der Waals surface area contributed by atoms with Crippen LogP contribution in [0, 0.1) is 0 Å². The number of rotatable bonds is 8. The number of nitrogens with two attached hydrogens (primary N) is 1. The number of ether oxygens (including phenoxy) is 1. The van der Waals surface area contributed by atoms with Crippen molar-refractivity contribution in [1.82, 2.24) is 4.90 Å². The van der Waals surface area contributed by atoms with E-state index < -0.39 is 11.5 Å². The predicted molar refractivity (Wildman–Crippen MR) is 79.8 cm³/mol. The first-order chi connectivity index (χ1) is 9.48. The third-order valence-electron chi connectivity index (χ3n) is 4.62. The molecule has 0 saturated heterocycles. The Hall–Kier alpha value is -0.650. The monoisotopic (exact) mass is 286 g/mol. The third kappa shape index (κ3) is 4.17. The summed E-state index contributed by atoms with van der Waals surface area (Å²) in [6.07, 6.45) is 5.19. The van der Waals surface area contributed by atoms with Crippen molar-refractivity contribution in [1.29, 1.82) is 0 Å². The number of hydrogen-bond donors (Lipinski definition) is 2. The second kappa shape index (κ2) is 7.96. The molecule has 0 aliphatic heterocycles. The number of hydrogen-bond acceptors (Lipinski definition) is 4. The Bertz CT molecular complexity index is 307. The lowest BCUT2D eigenvalue weighted by molar-refractivity contribution is -0.145. The first kappa shape index (κ1) is 17.4. The lowest BCUT2D eigenvalue weighted by atomic mass is 9.78. The Labute approximate surface area is 122 Å². The van der Waals surface area contributed by atoms with Crippen LogP contribution in [0.2, 0.25) is 0 Å². The standard InChI is InChI=1S/C15H30N2O3/c1-4-12(5-2)17(9-10-20-3)13-7-6-8-15(16,11-13)14(18)19/h12-13H,4-11,16H2,1-3H3,(H,18,19). The fourth-order valence-electron chi connectivity index (χ4n) is 3.37. The number of nitrogens with zero attached hydrogens (tertiary/aromatic N) is 1. The van der Waals surface area contributed by atoms with Gasteiger partial charge in [0.1, 0.15) is 5.54 Å². The van der Waals surface area contributed by atoms with Crippen molar-refractivity contribution < 1.29 is 14.6 Å². The van der Waals surface area contributed by atoms with E-state index in [0.29, 0.717) is 25.5 Å². The van der Waals surface area contributed by atoms with Gasteiger partial charge in [0.25, 0.3) is 0 Å². The van der Waals surface area contributed by atoms with Gasteiger partial charge in [0.05, 0.1) is 6.61 Å². The van der Waals surface area contributed by atoms with Gasteiger partial charge in [-0.2, -0.15) is 0 Å². The summed E-state index contributed by atoms with van der Waals surface area (Å²) in [6.45, 7) is 5.90. The van der Waals surface area contributed by atoms with Crippen LogP contribution in [0.15, 0.2) is 0 Å². The average Bonchev–Trinajstić information content (AvgIpc) is 2.43. The molecule has 0 aromatic heterocycles. The van der Waals surface area contributed by atoms with Crippen molar-refractivity contribution in [2.45, 2.75) is 70.0 Å². The van der Waals surface area contributed by atoms with E-state index in [1.165, 1.54) is 0 Å². The van der Waals surface area contributed by atoms with Crippen LogP contribution < -0.4 is 5.73 Å². The molecule has 0 amide bonds. The van der Waals surface area contributed by atoms with Crippen molar-refractivity contribution in [3.63, 3.8) is 0 Å². The number of carbonyl (C=O) groups is 1. The van der Waals surface area contributed by atoms with E-state index in [1.54, 1.807) is 7.11 Å². The first-order valence-electron chi connectivity index (χ1n) is 7.75. The molecule has 0 aromatic carbocycles. The van der Waals surface area contributed by atoms with Gasteiger partial charge in [-0.05, 0) is 38.5 Å². The van der Waals surface area contributed by atoms with Gasteiger partial charge < -0.3 is 15.6 Å². The lowest BCUT2D eigenvalue weighted by Gasteiger charge is -2.43. The van der Waals surface area contributed by atoms with E-state index in [1.807, 2.05) is 0 Å². The van der Waals surface area contributed by atoms with Gasteiger partial charge in [-0.3, -0.25) is 9.69 Å². The Morgan fingerprint density at radius 1 is 1.50 bits per heavy atom. The number of methoxy groups -OCH3 is 1. The van der Waals surface area contributed by atoms with Crippen molar-refractivity contribution in [3.05, 3.63) is 0 Å². The van der Waals surface area contributed by atoms with Crippen LogP contribution in [-0.2, 0) is 9.53 Å². The summed E-state index contributed by atoms with van der Waals surface area (Å²) in [5.41, 5.74) is 5.03. The molecule has 2 unspecified atom stereocenters. The highest BCUT2D eigenvalue weighted by Gasteiger charge is 2.41. The Morgan fingerprint density at radius 3 is 2.65 bits per heavy atom. The Balaban J connectivity index is 2.81. The highest BCUT2D eigenvalue weighted by atomic mass is 16.5. The van der Waals surface area contributed by atoms with Gasteiger partial charge in [0, 0.05) is 25.7 Å². The molecule has 0 heterocycles. The molecule has 0 radical (unpaired) electrons. The van der Waals surface area contributed by atoms with Crippen LogP contribution in [0.3, 0.4) is 0 Å². The highest BCUT2D eigenvalue weighted by molar-refractivity contribution is 5.78. The molecule has 0 spiro atoms. The summed E-state index contributed by atoms with van der Waals surface area (Å²) in [5.74, 6) is -0.863. The van der Waals surface area contributed by atoms with Crippen LogP contribution in [-0.4, -0.2) is 53.9 Å². The minimum absolute atomic E-state index is 0.255. The quantitative estimate of drug-likeness (QED) is 0.712. The molecule has 3 N–H and O–H groups in total. The highest BCUT2D eigenvalue weighted by Crippen LogP contribution is 2.31. The number of aliphatic carboxylic acids is 1. The van der Waals surface area contributed by atoms with Crippen LogP contribution in [0.5, 0.6) is 0 Å². The molecule has 5 nitrogen and oxygen atoms in total. The van der Waals surface area contributed by atoms with E-state index in [0.717, 1.165) is 32.2 Å². The van der Waals surface area contributed by atoms with Crippen LogP contribution in [0.25, 0.3) is 0 Å². The normalized spacial score (nSPS) is 27.2. The van der Waals surface area contributed by atoms with E-state index in [2.05, 4.69) is 18.7 Å². The first-order valence-corrected chi connectivity index (χ1v) is 7.75. The van der Waals surface area contributed by atoms with Crippen molar-refractivity contribution in [3.8, 4) is 0 Å². The van der Waals surface area contributed by atoms with Gasteiger partial charge in [0.2, 0.25) is 0 Å². The van der Waals surface area contributed by atoms with Gasteiger partial charge in [0.15, 0.2) is 0 Å². The maximum atomic E-state index is 11.4. The van der Waals surface area contributed by atoms with Crippen molar-refractivity contribution in [2.75, 3.05) is 20.3 Å². The molecule has 5 heteroatoms. The topological polar surface area (TPSA) is 75.8 Å². The van der Waals surface area contributed by atoms with Crippen LogP contribution in [0.4, 0.5) is 0 Å². The van der Waals surface area contributed by atoms with Crippen molar-refractivity contribution in [2.24, 2.45) is 5.73 Å². The molecule has 1 aliphatic carbocycles. The van der Waals surface area contributed by atoms with Gasteiger partial charge in [-0.15, -0.1) is 0 Å². The summed E-state index contributed by atoms with van der Waals surface area (Å²) >= 11 is 0. The summed E-state index contributed by atoms with van der Waals surface area (Å²) in [7, 11) is 1.70. The molecule has 1 saturated carbocycles. The maximum absolute atomic E-state index is 11.4. The maximum Gasteiger partial charge on any atom is 0.323 e. The number of carboxylic acid groups (broad SMARTS) is 1. The molecule has 0 bridgehead atoms. The van der Waals surface area contributed by atoms with E-state index >= 15 is 0 Å². The summed E-state index contributed by atoms with van der Waals surface area (Å²) in [5, 5.41) is 9.36. The van der Waals surface area contributed by atoms with Crippen molar-refractivity contribution >= 4 is 5.97 Å². The number of carboxylic acids is 1. The summed E-state index contributed by atoms with van der Waals surface area (Å²) in [4.78, 5) is 13.8. The zero-order chi connectivity index (χ0) is 15.2. The van der Waals surface area contributed by atoms with E-state index in [-0.39, 0.29) is 6.04 Å². The largest absolute Gasteiger partial charge is 0.480 e. The van der Waals surface area contributed by atoms with Gasteiger partial charge >= 0.3 is 5.97 Å². The molecule has 0 aromatic rings. The molecular formula is C15H30N2O3. The second-order valence-corrected chi connectivity index (χ2v) is 5.91. The summed E-state index contributed by atoms with van der Waals surface area (Å²) < 4.78 is 5.21. The van der Waals surface area contributed by atoms with E-state index in [9.17, 15) is 9.90 Å². The van der Waals surface area contributed by atoms with Gasteiger partial charge in [-0.25, -0.2) is 0 Å². The van der Waals surface area contributed by atoms with E-state index in [4.69, 9.17) is 10.5 Å². The molecule has 2 atom stereocenters. The fourth-order valence-corrected chi connectivity index (χ4v) is 3.37. The molecular weight excluding hydrogens is 256 g/mol. The lowest BCUT2D eigenvalue weighted by Crippen LogP contribution is -2.57. The Kier molecular flexibility index (Phi) is 6.92. The van der Waals surface area contributed by atoms with Gasteiger partial charge in [-0.1, -0.05) is 13.8 Å². The minimum Gasteiger partial charge on any atom is -0.480 e. The molecule has 1 aliphatic rings. The SMILES string of the molecule is CCC(CC)N(CCOC)C1CCCC(N)(C(=O)O)C1. The molecule has 1 fully saturated rings. The smallest absolute Gasteiger partial charge is 0.323 e. The zero-order valence-corrected chi connectivity index (χ0v) is 13.1. The molecule has 20 heavy (non-hydrogen) atoms. The second-order valence-electron chi connectivity index (χ2n) is 5.91.